The van der Waals surface area contributed by atoms with Gasteiger partial charge in [0, 0.05) is 17.3 Å². The Morgan fingerprint density at radius 3 is 1.78 bits per heavy atom. The molecule has 0 radical (unpaired) electrons. The highest BCUT2D eigenvalue weighted by Crippen LogP contribution is 2.45. The standard InChI is InChI=1S/C28H55BrNO6P/c1-2-3-4-5-6-7-8-9-10-11-12-13-14-15-16-19-23-30-27(31)34-25-28(20-17-18-21-28)26-36-37(32,33)35-24-22-29/h2-26H2,1H3,(H,30,31)(H,32,33)/p-1. The fourth-order valence-electron chi connectivity index (χ4n) is 4.99. The first-order valence-electron chi connectivity index (χ1n) is 15.0. The lowest BCUT2D eigenvalue weighted by molar-refractivity contribution is -0.227. The van der Waals surface area contributed by atoms with E-state index in [0.717, 1.165) is 38.5 Å². The van der Waals surface area contributed by atoms with Gasteiger partial charge in [0.15, 0.2) is 0 Å². The van der Waals surface area contributed by atoms with Crippen LogP contribution in [0, 0.1) is 5.41 Å². The number of ether oxygens (including phenoxy) is 1. The number of carbonyl (C=O) groups is 1. The van der Waals surface area contributed by atoms with E-state index < -0.39 is 19.3 Å². The van der Waals surface area contributed by atoms with Crippen molar-refractivity contribution < 1.29 is 28.0 Å². The largest absolute Gasteiger partial charge is 0.756 e. The highest BCUT2D eigenvalue weighted by Gasteiger charge is 2.37. The van der Waals surface area contributed by atoms with Crippen LogP contribution in [0.15, 0.2) is 0 Å². The lowest BCUT2D eigenvalue weighted by Crippen LogP contribution is -2.34. The van der Waals surface area contributed by atoms with Gasteiger partial charge in [0.05, 0.1) is 13.2 Å². The SMILES string of the molecule is CCCCCCCCCCCCCCCCCCNC(=O)OCC1(COP(=O)([O-])OCCBr)CCCC1. The monoisotopic (exact) mass is 610 g/mol. The van der Waals surface area contributed by atoms with E-state index in [1.807, 2.05) is 0 Å². The summed E-state index contributed by atoms with van der Waals surface area (Å²) < 4.78 is 27.1. The third kappa shape index (κ3) is 19.5. The molecule has 0 bridgehead atoms. The van der Waals surface area contributed by atoms with Crippen LogP contribution in [0.3, 0.4) is 0 Å². The van der Waals surface area contributed by atoms with Gasteiger partial charge in [-0.3, -0.25) is 4.57 Å². The van der Waals surface area contributed by atoms with Gasteiger partial charge in [-0.05, 0) is 19.3 Å². The second kappa shape index (κ2) is 22.7. The summed E-state index contributed by atoms with van der Waals surface area (Å²) in [5.41, 5.74) is -0.455. The van der Waals surface area contributed by atoms with Crippen LogP contribution >= 0.6 is 23.8 Å². The van der Waals surface area contributed by atoms with Crippen molar-refractivity contribution in [3.8, 4) is 0 Å². The maximum Gasteiger partial charge on any atom is 0.407 e. The molecule has 0 aromatic rings. The summed E-state index contributed by atoms with van der Waals surface area (Å²) >= 11 is 3.13. The van der Waals surface area contributed by atoms with Crippen molar-refractivity contribution in [3.63, 3.8) is 0 Å². The molecule has 0 aromatic carbocycles. The Kier molecular flexibility index (Phi) is 21.4. The number of alkyl halides is 1. The van der Waals surface area contributed by atoms with Crippen LogP contribution in [0.1, 0.15) is 135 Å². The topological polar surface area (TPSA) is 96.9 Å². The van der Waals surface area contributed by atoms with Gasteiger partial charge >= 0.3 is 6.09 Å². The molecule has 1 unspecified atom stereocenters. The van der Waals surface area contributed by atoms with Crippen LogP contribution in [0.2, 0.25) is 0 Å². The fourth-order valence-corrected chi connectivity index (χ4v) is 6.22. The number of unbranched alkanes of at least 4 members (excludes halogenated alkanes) is 15. The van der Waals surface area contributed by atoms with Gasteiger partial charge in [0.1, 0.15) is 6.61 Å². The Hall–Kier alpha value is -0.140. The Bertz CT molecular complexity index is 603. The summed E-state index contributed by atoms with van der Waals surface area (Å²) in [6, 6.07) is 0. The Balaban J connectivity index is 1.97. The molecule has 0 saturated heterocycles. The Labute approximate surface area is 235 Å². The van der Waals surface area contributed by atoms with E-state index in [4.69, 9.17) is 13.8 Å². The minimum Gasteiger partial charge on any atom is -0.756 e. The first kappa shape index (κ1) is 34.9. The summed E-state index contributed by atoms with van der Waals surface area (Å²) in [5, 5.41) is 3.24. The normalized spacial score (nSPS) is 16.5. The highest BCUT2D eigenvalue weighted by molar-refractivity contribution is 9.09. The van der Waals surface area contributed by atoms with Gasteiger partial charge in [0.25, 0.3) is 7.82 Å². The first-order valence-corrected chi connectivity index (χ1v) is 17.6. The molecule has 1 rings (SSSR count). The molecule has 0 aromatic heterocycles. The molecule has 1 fully saturated rings. The molecule has 9 heteroatoms. The summed E-state index contributed by atoms with van der Waals surface area (Å²) in [5.74, 6) is 0. The number of amides is 1. The molecule has 1 saturated carbocycles. The second-order valence-electron chi connectivity index (χ2n) is 10.8. The van der Waals surface area contributed by atoms with Crippen LogP contribution in [0.4, 0.5) is 4.79 Å². The zero-order chi connectivity index (χ0) is 27.1. The smallest absolute Gasteiger partial charge is 0.407 e. The number of nitrogens with one attached hydrogen (secondary N) is 1. The molecule has 0 heterocycles. The summed E-state index contributed by atoms with van der Waals surface area (Å²) in [4.78, 5) is 24.0. The van der Waals surface area contributed by atoms with E-state index in [1.54, 1.807) is 0 Å². The van der Waals surface area contributed by atoms with Crippen molar-refractivity contribution in [2.45, 2.75) is 135 Å². The van der Waals surface area contributed by atoms with Crippen molar-refractivity contribution in [1.82, 2.24) is 5.32 Å². The number of rotatable bonds is 25. The Morgan fingerprint density at radius 1 is 0.811 bits per heavy atom. The number of alkyl carbamates (subject to hydrolysis) is 1. The number of phosphoric acid groups is 1. The lowest BCUT2D eigenvalue weighted by Gasteiger charge is -2.31. The zero-order valence-electron chi connectivity index (χ0n) is 23.5. The molecule has 0 aliphatic heterocycles. The third-order valence-corrected chi connectivity index (χ3v) is 8.60. The van der Waals surface area contributed by atoms with Crippen LogP contribution < -0.4 is 10.2 Å². The summed E-state index contributed by atoms with van der Waals surface area (Å²) in [7, 11) is -4.34. The number of halogens is 1. The maximum atomic E-state index is 12.1. The van der Waals surface area contributed by atoms with Crippen molar-refractivity contribution in [1.29, 1.82) is 0 Å². The molecule has 1 atom stereocenters. The lowest BCUT2D eigenvalue weighted by atomic mass is 9.88. The minimum absolute atomic E-state index is 0.0114. The molecule has 37 heavy (non-hydrogen) atoms. The number of hydrogen-bond acceptors (Lipinski definition) is 6. The molecule has 1 N–H and O–H groups in total. The highest BCUT2D eigenvalue weighted by atomic mass is 79.9. The summed E-state index contributed by atoms with van der Waals surface area (Å²) in [6.07, 6.45) is 24.2. The van der Waals surface area contributed by atoms with Crippen molar-refractivity contribution >= 4 is 29.8 Å². The van der Waals surface area contributed by atoms with Gasteiger partial charge in [-0.15, -0.1) is 0 Å². The van der Waals surface area contributed by atoms with Crippen LogP contribution in [0.25, 0.3) is 0 Å². The molecule has 1 amide bonds. The quantitative estimate of drug-likeness (QED) is 0.0632. The van der Waals surface area contributed by atoms with Crippen molar-refractivity contribution in [2.75, 3.05) is 31.7 Å². The first-order chi connectivity index (χ1) is 17.9. The van der Waals surface area contributed by atoms with Crippen LogP contribution in [0.5, 0.6) is 0 Å². The molecular weight excluding hydrogens is 557 g/mol. The molecule has 0 spiro atoms. The van der Waals surface area contributed by atoms with E-state index >= 15 is 0 Å². The minimum atomic E-state index is -4.34. The maximum absolute atomic E-state index is 12.1. The van der Waals surface area contributed by atoms with Crippen LogP contribution in [-0.4, -0.2) is 37.8 Å². The third-order valence-electron chi connectivity index (χ3n) is 7.33. The van der Waals surface area contributed by atoms with Crippen molar-refractivity contribution in [3.05, 3.63) is 0 Å². The zero-order valence-corrected chi connectivity index (χ0v) is 25.9. The van der Waals surface area contributed by atoms with E-state index in [0.29, 0.717) is 11.9 Å². The number of carbonyl (C=O) groups excluding carboxylic acids is 1. The molecular formula is C28H54BrNO6P-. The Morgan fingerprint density at radius 2 is 1.30 bits per heavy atom. The van der Waals surface area contributed by atoms with Crippen LogP contribution in [-0.2, 0) is 18.3 Å². The van der Waals surface area contributed by atoms with E-state index in [-0.39, 0.29) is 19.8 Å². The van der Waals surface area contributed by atoms with Gasteiger partial charge in [0.2, 0.25) is 0 Å². The average Bonchev–Trinajstić information content (AvgIpc) is 3.36. The van der Waals surface area contributed by atoms with E-state index in [2.05, 4.69) is 28.2 Å². The van der Waals surface area contributed by atoms with Gasteiger partial charge in [-0.2, -0.15) is 0 Å². The second-order valence-corrected chi connectivity index (χ2v) is 13.0. The number of phosphoric ester groups is 1. The van der Waals surface area contributed by atoms with Gasteiger partial charge in [-0.25, -0.2) is 4.79 Å². The molecule has 1 aliphatic carbocycles. The predicted octanol–water partition coefficient (Wildman–Crippen LogP) is 8.43. The predicted molar refractivity (Wildman–Crippen MR) is 153 cm³/mol. The fraction of sp³-hybridized carbons (Fsp3) is 0.964. The van der Waals surface area contributed by atoms with Crippen molar-refractivity contribution in [2.24, 2.45) is 5.41 Å². The average molecular weight is 612 g/mol. The summed E-state index contributed by atoms with van der Waals surface area (Å²) in [6.45, 7) is 3.06. The molecule has 7 nitrogen and oxygen atoms in total. The van der Waals surface area contributed by atoms with Gasteiger partial charge < -0.3 is 24.0 Å². The van der Waals surface area contributed by atoms with E-state index in [9.17, 15) is 14.3 Å². The van der Waals surface area contributed by atoms with Gasteiger partial charge in [-0.1, -0.05) is 132 Å². The molecule has 220 valence electrons. The van der Waals surface area contributed by atoms with E-state index in [1.165, 1.54) is 89.9 Å². The number of hydrogen-bond donors (Lipinski definition) is 1. The molecule has 1 aliphatic rings.